The van der Waals surface area contributed by atoms with E-state index in [2.05, 4.69) is 46.6 Å². The molecule has 5 aromatic rings. The molecule has 0 radical (unpaired) electrons. The molecule has 0 aliphatic carbocycles. The average Bonchev–Trinajstić information content (AvgIpc) is 3.61. The molecule has 0 N–H and O–H groups in total. The van der Waals surface area contributed by atoms with Crippen molar-refractivity contribution in [3.63, 3.8) is 0 Å². The van der Waals surface area contributed by atoms with Gasteiger partial charge in [-0.1, -0.05) is 32.9 Å². The average molecular weight is 490 g/mol. The van der Waals surface area contributed by atoms with Crippen LogP contribution >= 0.6 is 0 Å². The van der Waals surface area contributed by atoms with Crippen molar-refractivity contribution in [2.75, 3.05) is 14.2 Å². The SMILES string of the molecule is CC(C)[C@@H](C)c1cn2ccccc2n1.COc1cccc(OC)c1-n1c(C)nnc1-c1ccc(C)o1.[HH]. The Bertz CT molecular complexity index is 1400. The Balaban J connectivity index is 0.000000220. The number of fused-ring (bicyclic) bond motifs is 1. The van der Waals surface area contributed by atoms with Crippen LogP contribution in [0.3, 0.4) is 0 Å². The molecule has 0 unspecified atom stereocenters. The van der Waals surface area contributed by atoms with Gasteiger partial charge in [-0.05, 0) is 56.2 Å². The van der Waals surface area contributed by atoms with E-state index < -0.39 is 0 Å². The van der Waals surface area contributed by atoms with Crippen LogP contribution in [0, 0.1) is 19.8 Å². The second kappa shape index (κ2) is 10.7. The van der Waals surface area contributed by atoms with Gasteiger partial charge in [-0.25, -0.2) is 4.98 Å². The summed E-state index contributed by atoms with van der Waals surface area (Å²) in [5.41, 5.74) is 2.97. The van der Waals surface area contributed by atoms with Crippen molar-refractivity contribution in [1.29, 1.82) is 0 Å². The summed E-state index contributed by atoms with van der Waals surface area (Å²) in [4.78, 5) is 4.60. The molecule has 0 saturated heterocycles. The Morgan fingerprint density at radius 2 is 1.61 bits per heavy atom. The Labute approximate surface area is 213 Å². The molecule has 1 aromatic carbocycles. The van der Waals surface area contributed by atoms with Gasteiger partial charge < -0.3 is 18.3 Å². The first kappa shape index (κ1) is 25.0. The summed E-state index contributed by atoms with van der Waals surface area (Å²) in [6, 6.07) is 15.5. The molecule has 0 saturated carbocycles. The standard InChI is InChI=1S/C16H17N3O3.C12H16N2.H2/c1-10-8-9-14(22-10)16-18-17-11(2)19(16)15-12(20-3)6-5-7-13(15)21-4;1-9(2)10(3)11-8-14-7-5-4-6-12(14)13-11;/h5-9H,1-4H3;4-10H,1-3H3;1H/t;10-;/m.1./s1. The lowest BCUT2D eigenvalue weighted by atomic mass is 9.95. The lowest BCUT2D eigenvalue weighted by Gasteiger charge is -2.15. The first-order valence-electron chi connectivity index (χ1n) is 12.0. The number of rotatable bonds is 6. The van der Waals surface area contributed by atoms with Gasteiger partial charge >= 0.3 is 0 Å². The molecule has 5 rings (SSSR count). The highest BCUT2D eigenvalue weighted by atomic mass is 16.5. The topological polar surface area (TPSA) is 79.6 Å². The molecule has 0 aliphatic rings. The van der Waals surface area contributed by atoms with E-state index in [1.54, 1.807) is 14.2 Å². The van der Waals surface area contributed by atoms with Gasteiger partial charge in [0, 0.05) is 19.7 Å². The fraction of sp³-hybridized carbons (Fsp3) is 0.321. The summed E-state index contributed by atoms with van der Waals surface area (Å²) in [6.45, 7) is 10.5. The number of nitrogens with zero attached hydrogens (tertiary/aromatic N) is 5. The normalized spacial score (nSPS) is 11.9. The van der Waals surface area contributed by atoms with Gasteiger partial charge in [0.15, 0.2) is 5.76 Å². The van der Waals surface area contributed by atoms with Gasteiger partial charge in [0.25, 0.3) is 0 Å². The number of aromatic nitrogens is 5. The molecule has 0 bridgehead atoms. The van der Waals surface area contributed by atoms with Gasteiger partial charge in [-0.3, -0.25) is 4.57 Å². The second-order valence-electron chi connectivity index (χ2n) is 8.99. The zero-order chi connectivity index (χ0) is 25.8. The summed E-state index contributed by atoms with van der Waals surface area (Å²) in [7, 11) is 3.24. The van der Waals surface area contributed by atoms with Gasteiger partial charge in [-0.2, -0.15) is 0 Å². The Kier molecular flexibility index (Phi) is 7.43. The van der Waals surface area contributed by atoms with Crippen molar-refractivity contribution in [2.45, 2.75) is 40.5 Å². The molecule has 4 aromatic heterocycles. The maximum Gasteiger partial charge on any atom is 0.204 e. The van der Waals surface area contributed by atoms with Crippen molar-refractivity contribution in [1.82, 2.24) is 24.1 Å². The number of hydrogen-bond acceptors (Lipinski definition) is 6. The van der Waals surface area contributed by atoms with Crippen LogP contribution in [0.25, 0.3) is 22.9 Å². The number of imidazole rings is 1. The number of furan rings is 1. The van der Waals surface area contributed by atoms with Crippen LogP contribution in [-0.2, 0) is 0 Å². The summed E-state index contributed by atoms with van der Waals surface area (Å²) >= 11 is 0. The highest BCUT2D eigenvalue weighted by Gasteiger charge is 2.21. The summed E-state index contributed by atoms with van der Waals surface area (Å²) in [6.07, 6.45) is 4.17. The van der Waals surface area contributed by atoms with Gasteiger partial charge in [0.2, 0.25) is 5.82 Å². The van der Waals surface area contributed by atoms with Crippen LogP contribution in [0.1, 0.15) is 45.4 Å². The predicted octanol–water partition coefficient (Wildman–Crippen LogP) is 6.50. The Hall–Kier alpha value is -4.07. The zero-order valence-electron chi connectivity index (χ0n) is 21.9. The first-order valence-corrected chi connectivity index (χ1v) is 12.0. The van der Waals surface area contributed by atoms with Crippen LogP contribution in [-0.4, -0.2) is 38.4 Å². The molecule has 4 heterocycles. The highest BCUT2D eigenvalue weighted by molar-refractivity contribution is 5.63. The largest absolute Gasteiger partial charge is 0.494 e. The van der Waals surface area contributed by atoms with E-state index in [4.69, 9.17) is 13.9 Å². The van der Waals surface area contributed by atoms with E-state index in [-0.39, 0.29) is 1.43 Å². The number of para-hydroxylation sites is 1. The minimum atomic E-state index is 0. The minimum absolute atomic E-state index is 0. The molecule has 8 heteroatoms. The summed E-state index contributed by atoms with van der Waals surface area (Å²) in [5.74, 6) is 5.29. The van der Waals surface area contributed by atoms with E-state index in [0.29, 0.717) is 40.7 Å². The lowest BCUT2D eigenvalue weighted by molar-refractivity contribution is 0.390. The number of pyridine rings is 1. The highest BCUT2D eigenvalue weighted by Crippen LogP contribution is 2.36. The van der Waals surface area contributed by atoms with Crippen molar-refractivity contribution >= 4 is 5.65 Å². The van der Waals surface area contributed by atoms with Crippen LogP contribution in [0.4, 0.5) is 0 Å². The van der Waals surface area contributed by atoms with Crippen molar-refractivity contribution < 1.29 is 15.3 Å². The van der Waals surface area contributed by atoms with Crippen molar-refractivity contribution in [2.24, 2.45) is 5.92 Å². The van der Waals surface area contributed by atoms with Gasteiger partial charge in [-0.15, -0.1) is 10.2 Å². The summed E-state index contributed by atoms with van der Waals surface area (Å²) < 4.78 is 20.6. The van der Waals surface area contributed by atoms with Crippen LogP contribution < -0.4 is 9.47 Å². The van der Waals surface area contributed by atoms with Gasteiger partial charge in [0.1, 0.15) is 34.4 Å². The molecule has 1 atom stereocenters. The molecule has 36 heavy (non-hydrogen) atoms. The van der Waals surface area contributed by atoms with Gasteiger partial charge in [0.05, 0.1) is 19.9 Å². The predicted molar refractivity (Wildman–Crippen MR) is 142 cm³/mol. The Morgan fingerprint density at radius 1 is 0.889 bits per heavy atom. The number of methoxy groups -OCH3 is 2. The monoisotopic (exact) mass is 489 g/mol. The number of aryl methyl sites for hydroxylation is 2. The third-order valence-electron chi connectivity index (χ3n) is 6.26. The zero-order valence-corrected chi connectivity index (χ0v) is 21.9. The maximum atomic E-state index is 5.69. The molecule has 0 amide bonds. The minimum Gasteiger partial charge on any atom is -0.494 e. The first-order chi connectivity index (χ1) is 17.3. The van der Waals surface area contributed by atoms with Crippen LogP contribution in [0.2, 0.25) is 0 Å². The second-order valence-corrected chi connectivity index (χ2v) is 8.99. The van der Waals surface area contributed by atoms with E-state index in [9.17, 15) is 0 Å². The van der Waals surface area contributed by atoms with Crippen LogP contribution in [0.5, 0.6) is 11.5 Å². The molecular formula is C28H35N5O3. The number of benzene rings is 1. The summed E-state index contributed by atoms with van der Waals surface area (Å²) in [5, 5.41) is 8.41. The fourth-order valence-electron chi connectivity index (χ4n) is 3.91. The third kappa shape index (κ3) is 4.98. The third-order valence-corrected chi connectivity index (χ3v) is 6.26. The smallest absolute Gasteiger partial charge is 0.204 e. The van der Waals surface area contributed by atoms with E-state index in [0.717, 1.165) is 17.1 Å². The number of ether oxygens (including phenoxy) is 2. The quantitative estimate of drug-likeness (QED) is 0.271. The molecule has 190 valence electrons. The number of hydrogen-bond donors (Lipinski definition) is 0. The maximum absolute atomic E-state index is 5.69. The van der Waals surface area contributed by atoms with Crippen LogP contribution in [0.15, 0.2) is 65.3 Å². The Morgan fingerprint density at radius 3 is 2.19 bits per heavy atom. The molecule has 8 nitrogen and oxygen atoms in total. The molecular weight excluding hydrogens is 454 g/mol. The van der Waals surface area contributed by atoms with E-state index in [1.807, 2.05) is 73.1 Å². The molecule has 0 aliphatic heterocycles. The van der Waals surface area contributed by atoms with Crippen molar-refractivity contribution in [3.05, 3.63) is 78.2 Å². The van der Waals surface area contributed by atoms with E-state index >= 15 is 0 Å². The molecule has 0 spiro atoms. The van der Waals surface area contributed by atoms with Crippen molar-refractivity contribution in [3.8, 4) is 28.8 Å². The lowest BCUT2D eigenvalue weighted by Crippen LogP contribution is -2.04. The molecule has 0 fully saturated rings. The fourth-order valence-corrected chi connectivity index (χ4v) is 3.91. The van der Waals surface area contributed by atoms with E-state index in [1.165, 1.54) is 5.69 Å².